The van der Waals surface area contributed by atoms with Crippen molar-refractivity contribution in [2.24, 2.45) is 17.8 Å². The number of rotatable bonds is 2. The van der Waals surface area contributed by atoms with E-state index in [1.165, 1.54) is 19.3 Å². The molecule has 0 aromatic rings. The average molecular weight is 178 g/mol. The first-order chi connectivity index (χ1) is 6.33. The van der Waals surface area contributed by atoms with Crippen LogP contribution in [0.5, 0.6) is 0 Å². The summed E-state index contributed by atoms with van der Waals surface area (Å²) < 4.78 is 0. The number of ketones is 1. The van der Waals surface area contributed by atoms with E-state index in [-0.39, 0.29) is 5.92 Å². The molecule has 0 aromatic heterocycles. The second kappa shape index (κ2) is 3.65. The molecular formula is C12H18O. The fourth-order valence-electron chi connectivity index (χ4n) is 2.78. The molecule has 0 heterocycles. The third kappa shape index (κ3) is 1.56. The summed E-state index contributed by atoms with van der Waals surface area (Å²) in [6.45, 7) is 2.20. The minimum absolute atomic E-state index is 0.284. The standard InChI is InChI=1S/C12H18O/c1-2-4-9-7-8-10-5-3-6-11(9)12(10)13/h7-11H,2-6H2,1H3/t9-,10+,11-/m1/s1. The highest BCUT2D eigenvalue weighted by Gasteiger charge is 2.36. The summed E-state index contributed by atoms with van der Waals surface area (Å²) >= 11 is 0. The molecule has 0 N–H and O–H groups in total. The molecule has 1 nitrogen and oxygen atoms in total. The molecule has 2 aliphatic carbocycles. The van der Waals surface area contributed by atoms with Crippen molar-refractivity contribution in [1.29, 1.82) is 0 Å². The number of carbonyl (C=O) groups excluding carboxylic acids is 1. The van der Waals surface area contributed by atoms with Crippen molar-refractivity contribution in [1.82, 2.24) is 0 Å². The lowest BCUT2D eigenvalue weighted by atomic mass is 9.69. The van der Waals surface area contributed by atoms with E-state index < -0.39 is 0 Å². The maximum Gasteiger partial charge on any atom is 0.143 e. The van der Waals surface area contributed by atoms with Gasteiger partial charge in [0.05, 0.1) is 0 Å². The highest BCUT2D eigenvalue weighted by Crippen LogP contribution is 2.38. The summed E-state index contributed by atoms with van der Waals surface area (Å²) in [5, 5.41) is 0. The van der Waals surface area contributed by atoms with Crippen LogP contribution in [0.3, 0.4) is 0 Å². The average Bonchev–Trinajstić information content (AvgIpc) is 2.10. The summed E-state index contributed by atoms with van der Waals surface area (Å²) in [6, 6.07) is 0. The molecule has 1 fully saturated rings. The van der Waals surface area contributed by atoms with E-state index >= 15 is 0 Å². The Morgan fingerprint density at radius 1 is 1.38 bits per heavy atom. The van der Waals surface area contributed by atoms with Crippen LogP contribution in [0.1, 0.15) is 39.0 Å². The maximum absolute atomic E-state index is 11.8. The van der Waals surface area contributed by atoms with Crippen LogP contribution in [0.2, 0.25) is 0 Å². The van der Waals surface area contributed by atoms with Crippen LogP contribution >= 0.6 is 0 Å². The zero-order valence-corrected chi connectivity index (χ0v) is 8.33. The summed E-state index contributed by atoms with van der Waals surface area (Å²) in [5.74, 6) is 1.76. The van der Waals surface area contributed by atoms with Crippen molar-refractivity contribution in [2.75, 3.05) is 0 Å². The maximum atomic E-state index is 11.8. The first kappa shape index (κ1) is 8.98. The van der Waals surface area contributed by atoms with Gasteiger partial charge in [-0.1, -0.05) is 31.9 Å². The van der Waals surface area contributed by atoms with Gasteiger partial charge in [-0.15, -0.1) is 0 Å². The predicted octanol–water partition coefficient (Wildman–Crippen LogP) is 2.96. The molecule has 0 spiro atoms. The van der Waals surface area contributed by atoms with Gasteiger partial charge in [0.25, 0.3) is 0 Å². The minimum atomic E-state index is 0.284. The van der Waals surface area contributed by atoms with E-state index in [4.69, 9.17) is 0 Å². The van der Waals surface area contributed by atoms with Crippen LogP contribution in [0.4, 0.5) is 0 Å². The van der Waals surface area contributed by atoms with Crippen molar-refractivity contribution in [2.45, 2.75) is 39.0 Å². The quantitative estimate of drug-likeness (QED) is 0.594. The minimum Gasteiger partial charge on any atom is -0.299 e. The van der Waals surface area contributed by atoms with Gasteiger partial charge in [0.1, 0.15) is 5.78 Å². The molecule has 0 aromatic carbocycles. The van der Waals surface area contributed by atoms with Crippen LogP contribution in [-0.4, -0.2) is 5.78 Å². The van der Waals surface area contributed by atoms with Crippen molar-refractivity contribution in [3.63, 3.8) is 0 Å². The van der Waals surface area contributed by atoms with E-state index in [1.807, 2.05) is 0 Å². The Hall–Kier alpha value is -0.590. The molecule has 13 heavy (non-hydrogen) atoms. The molecule has 1 saturated carbocycles. The lowest BCUT2D eigenvalue weighted by Gasteiger charge is -2.34. The molecule has 2 rings (SSSR count). The molecule has 0 unspecified atom stereocenters. The van der Waals surface area contributed by atoms with E-state index in [2.05, 4.69) is 19.1 Å². The van der Waals surface area contributed by atoms with Gasteiger partial charge in [-0.05, 0) is 25.2 Å². The van der Waals surface area contributed by atoms with Crippen molar-refractivity contribution >= 4 is 5.78 Å². The molecule has 0 radical (unpaired) electrons. The Kier molecular flexibility index (Phi) is 2.52. The number of Topliss-reactive ketones (excluding diaryl/α,β-unsaturated/α-hetero) is 1. The lowest BCUT2D eigenvalue weighted by molar-refractivity contribution is -0.129. The second-order valence-corrected chi connectivity index (χ2v) is 4.38. The van der Waals surface area contributed by atoms with E-state index in [1.54, 1.807) is 0 Å². The number of allylic oxidation sites excluding steroid dienone is 2. The molecular weight excluding hydrogens is 160 g/mol. The van der Waals surface area contributed by atoms with Crippen molar-refractivity contribution in [3.8, 4) is 0 Å². The molecule has 0 amide bonds. The SMILES string of the molecule is CCC[C@@H]1C=C[C@@H]2CCC[C@H]1C2=O. The highest BCUT2D eigenvalue weighted by molar-refractivity contribution is 5.87. The Balaban J connectivity index is 2.15. The molecule has 2 aliphatic rings. The van der Waals surface area contributed by atoms with Gasteiger partial charge < -0.3 is 0 Å². The number of hydrogen-bond acceptors (Lipinski definition) is 1. The van der Waals surface area contributed by atoms with E-state index in [0.717, 1.165) is 12.8 Å². The van der Waals surface area contributed by atoms with Gasteiger partial charge in [0.2, 0.25) is 0 Å². The van der Waals surface area contributed by atoms with Crippen LogP contribution in [0.25, 0.3) is 0 Å². The molecule has 2 bridgehead atoms. The van der Waals surface area contributed by atoms with Gasteiger partial charge in [-0.3, -0.25) is 4.79 Å². The summed E-state index contributed by atoms with van der Waals surface area (Å²) in [5.41, 5.74) is 0. The zero-order chi connectivity index (χ0) is 9.26. The Bertz CT molecular complexity index is 229. The number of fused-ring (bicyclic) bond motifs is 2. The monoisotopic (exact) mass is 178 g/mol. The third-order valence-corrected chi connectivity index (χ3v) is 3.49. The third-order valence-electron chi connectivity index (χ3n) is 3.49. The van der Waals surface area contributed by atoms with Crippen LogP contribution < -0.4 is 0 Å². The molecule has 0 aliphatic heterocycles. The van der Waals surface area contributed by atoms with Gasteiger partial charge in [0.15, 0.2) is 0 Å². The number of carbonyl (C=O) groups is 1. The Morgan fingerprint density at radius 2 is 2.23 bits per heavy atom. The van der Waals surface area contributed by atoms with E-state index in [9.17, 15) is 4.79 Å². The fourth-order valence-corrected chi connectivity index (χ4v) is 2.78. The Morgan fingerprint density at radius 3 is 3.00 bits per heavy atom. The first-order valence-corrected chi connectivity index (χ1v) is 5.55. The van der Waals surface area contributed by atoms with E-state index in [0.29, 0.717) is 17.6 Å². The van der Waals surface area contributed by atoms with Crippen LogP contribution in [0, 0.1) is 17.8 Å². The van der Waals surface area contributed by atoms with Gasteiger partial charge in [0, 0.05) is 11.8 Å². The predicted molar refractivity (Wildman–Crippen MR) is 53.4 cm³/mol. The van der Waals surface area contributed by atoms with Gasteiger partial charge in [-0.25, -0.2) is 0 Å². The topological polar surface area (TPSA) is 17.1 Å². The van der Waals surface area contributed by atoms with Crippen LogP contribution in [-0.2, 0) is 4.79 Å². The second-order valence-electron chi connectivity index (χ2n) is 4.38. The summed E-state index contributed by atoms with van der Waals surface area (Å²) in [6.07, 6.45) is 10.4. The van der Waals surface area contributed by atoms with Gasteiger partial charge >= 0.3 is 0 Å². The fraction of sp³-hybridized carbons (Fsp3) is 0.750. The molecule has 3 atom stereocenters. The van der Waals surface area contributed by atoms with Crippen molar-refractivity contribution < 1.29 is 4.79 Å². The Labute approximate surface area is 80.2 Å². The molecule has 1 heteroatoms. The normalized spacial score (nSPS) is 37.9. The largest absolute Gasteiger partial charge is 0.299 e. The first-order valence-electron chi connectivity index (χ1n) is 5.55. The number of hydrogen-bond donors (Lipinski definition) is 0. The smallest absolute Gasteiger partial charge is 0.143 e. The van der Waals surface area contributed by atoms with Crippen LogP contribution in [0.15, 0.2) is 12.2 Å². The zero-order valence-electron chi connectivity index (χ0n) is 8.33. The highest BCUT2D eigenvalue weighted by atomic mass is 16.1. The summed E-state index contributed by atoms with van der Waals surface area (Å²) in [4.78, 5) is 11.8. The lowest BCUT2D eigenvalue weighted by Crippen LogP contribution is -2.35. The van der Waals surface area contributed by atoms with Crippen molar-refractivity contribution in [3.05, 3.63) is 12.2 Å². The molecule has 0 saturated heterocycles. The van der Waals surface area contributed by atoms with Gasteiger partial charge in [-0.2, -0.15) is 0 Å². The molecule has 72 valence electrons. The summed E-state index contributed by atoms with van der Waals surface area (Å²) in [7, 11) is 0.